The lowest BCUT2D eigenvalue weighted by molar-refractivity contribution is -0.0195. The minimum absolute atomic E-state index is 0.102. The fourth-order valence-electron chi connectivity index (χ4n) is 2.83. The molecule has 1 aromatic rings. The van der Waals surface area contributed by atoms with Crippen LogP contribution in [0.4, 0.5) is 0 Å². The molecule has 0 radical (unpaired) electrons. The zero-order chi connectivity index (χ0) is 14.3. The molecule has 0 unspecified atom stereocenters. The average Bonchev–Trinajstić information content (AvgIpc) is 3.01. The number of H-pyrrole nitrogens is 1. The molecule has 0 spiro atoms. The Morgan fingerprint density at radius 2 is 2.30 bits per heavy atom. The Kier molecular flexibility index (Phi) is 3.22. The largest absolute Gasteiger partial charge is 0.376 e. The van der Waals surface area contributed by atoms with Crippen molar-refractivity contribution in [3.05, 3.63) is 12.2 Å². The quantitative estimate of drug-likeness (QED) is 0.605. The molecule has 1 amide bonds. The third-order valence-corrected chi connectivity index (χ3v) is 4.36. The Morgan fingerprint density at radius 1 is 1.50 bits per heavy atom. The van der Waals surface area contributed by atoms with Gasteiger partial charge < -0.3 is 10.1 Å². The van der Waals surface area contributed by atoms with Crippen LogP contribution < -0.4 is 10.0 Å². The Labute approximate surface area is 115 Å². The van der Waals surface area contributed by atoms with Crippen LogP contribution in [0.2, 0.25) is 0 Å². The first-order valence-electron chi connectivity index (χ1n) is 6.21. The molecule has 0 bridgehead atoms. The number of nitrogens with zero attached hydrogens (tertiary/aromatic N) is 2. The summed E-state index contributed by atoms with van der Waals surface area (Å²) in [5.41, 5.74) is 0. The summed E-state index contributed by atoms with van der Waals surface area (Å²) in [4.78, 5) is 15.7. The van der Waals surface area contributed by atoms with E-state index in [0.717, 1.165) is 12.7 Å². The molecule has 2 aliphatic rings. The molecule has 0 aromatic carbocycles. The van der Waals surface area contributed by atoms with E-state index in [2.05, 4.69) is 25.2 Å². The number of fused-ring (bicyclic) bond motifs is 1. The lowest BCUT2D eigenvalue weighted by Crippen LogP contribution is -2.70. The van der Waals surface area contributed by atoms with E-state index in [4.69, 9.17) is 4.74 Å². The van der Waals surface area contributed by atoms with Crippen LogP contribution in [0.15, 0.2) is 6.33 Å². The van der Waals surface area contributed by atoms with E-state index >= 15 is 0 Å². The summed E-state index contributed by atoms with van der Waals surface area (Å²) in [7, 11) is -3.36. The minimum Gasteiger partial charge on any atom is -0.376 e. The van der Waals surface area contributed by atoms with E-state index in [1.165, 1.54) is 6.33 Å². The molecule has 1 aromatic heterocycles. The van der Waals surface area contributed by atoms with E-state index in [0.29, 0.717) is 6.61 Å². The molecule has 2 heterocycles. The number of hydrogen-bond donors (Lipinski definition) is 3. The predicted octanol–water partition coefficient (Wildman–Crippen LogP) is -1.76. The molecule has 10 heteroatoms. The van der Waals surface area contributed by atoms with Gasteiger partial charge in [0.25, 0.3) is 5.91 Å². The summed E-state index contributed by atoms with van der Waals surface area (Å²) >= 11 is 0. The van der Waals surface area contributed by atoms with Crippen LogP contribution in [0, 0.1) is 5.92 Å². The summed E-state index contributed by atoms with van der Waals surface area (Å²) in [6.07, 6.45) is 2.95. The second-order valence-electron chi connectivity index (χ2n) is 5.04. The van der Waals surface area contributed by atoms with E-state index < -0.39 is 22.0 Å². The number of carbonyl (C=O) groups is 1. The van der Waals surface area contributed by atoms with Gasteiger partial charge in [0.15, 0.2) is 0 Å². The van der Waals surface area contributed by atoms with Crippen LogP contribution in [-0.2, 0) is 14.8 Å². The zero-order valence-electron chi connectivity index (χ0n) is 10.7. The number of amides is 1. The highest BCUT2D eigenvalue weighted by atomic mass is 32.2. The first kappa shape index (κ1) is 13.5. The number of sulfonamides is 1. The second kappa shape index (κ2) is 4.79. The standard InChI is InChI=1S/C10H15N5O4S/c1-20(17,18)15-7-6(5-2-3-19-8(5)7)13-10(16)9-11-4-12-14-9/h4-8,15H,2-3H2,1H3,(H,13,16)(H,11,12,14)/t5-,6+,7-,8-/m1/s1. The molecule has 9 nitrogen and oxygen atoms in total. The van der Waals surface area contributed by atoms with Gasteiger partial charge in [-0.3, -0.25) is 9.89 Å². The molecule has 1 saturated carbocycles. The maximum absolute atomic E-state index is 11.9. The van der Waals surface area contributed by atoms with Crippen LogP contribution in [-0.4, -0.2) is 60.6 Å². The fourth-order valence-corrected chi connectivity index (χ4v) is 3.60. The van der Waals surface area contributed by atoms with Crippen LogP contribution in [0.5, 0.6) is 0 Å². The topological polar surface area (TPSA) is 126 Å². The summed E-state index contributed by atoms with van der Waals surface area (Å²) in [5, 5.41) is 8.86. The van der Waals surface area contributed by atoms with Crippen LogP contribution in [0.1, 0.15) is 17.0 Å². The van der Waals surface area contributed by atoms with Crippen molar-refractivity contribution in [1.82, 2.24) is 25.2 Å². The van der Waals surface area contributed by atoms with Gasteiger partial charge in [0, 0.05) is 12.5 Å². The van der Waals surface area contributed by atoms with E-state index in [1.807, 2.05) is 0 Å². The number of aromatic amines is 1. The zero-order valence-corrected chi connectivity index (χ0v) is 11.6. The van der Waals surface area contributed by atoms with Gasteiger partial charge >= 0.3 is 0 Å². The number of nitrogens with one attached hydrogen (secondary N) is 3. The maximum atomic E-state index is 11.9. The number of rotatable bonds is 4. The first-order valence-corrected chi connectivity index (χ1v) is 8.10. The van der Waals surface area contributed by atoms with Crippen molar-refractivity contribution in [3.8, 4) is 0 Å². The lowest BCUT2D eigenvalue weighted by atomic mass is 9.72. The SMILES string of the molecule is CS(=O)(=O)N[C@@H]1[C@@H](NC(=O)c2ncn[nH]2)[C@H]2CCO[C@H]21. The monoisotopic (exact) mass is 301 g/mol. The van der Waals surface area contributed by atoms with Crippen molar-refractivity contribution in [3.63, 3.8) is 0 Å². The maximum Gasteiger partial charge on any atom is 0.288 e. The third kappa shape index (κ3) is 2.41. The molecule has 1 aliphatic carbocycles. The Hall–Kier alpha value is -1.52. The Balaban J connectivity index is 1.71. The number of hydrogen-bond acceptors (Lipinski definition) is 6. The van der Waals surface area contributed by atoms with Gasteiger partial charge in [0.1, 0.15) is 6.33 Å². The predicted molar refractivity (Wildman–Crippen MR) is 67.3 cm³/mol. The van der Waals surface area contributed by atoms with Crippen molar-refractivity contribution in [2.45, 2.75) is 24.6 Å². The molecule has 20 heavy (non-hydrogen) atoms. The molecule has 3 rings (SSSR count). The van der Waals surface area contributed by atoms with Gasteiger partial charge in [-0.25, -0.2) is 18.1 Å². The molecular weight excluding hydrogens is 286 g/mol. The van der Waals surface area contributed by atoms with Gasteiger partial charge in [-0.1, -0.05) is 0 Å². The summed E-state index contributed by atoms with van der Waals surface area (Å²) in [6, 6.07) is -0.737. The molecule has 110 valence electrons. The molecule has 1 saturated heterocycles. The molecule has 2 fully saturated rings. The Bertz CT molecular complexity index is 601. The third-order valence-electron chi connectivity index (χ3n) is 3.66. The highest BCUT2D eigenvalue weighted by Crippen LogP contribution is 2.39. The van der Waals surface area contributed by atoms with Gasteiger partial charge in [-0.2, -0.15) is 5.10 Å². The van der Waals surface area contributed by atoms with Crippen molar-refractivity contribution < 1.29 is 17.9 Å². The van der Waals surface area contributed by atoms with E-state index in [9.17, 15) is 13.2 Å². The minimum atomic E-state index is -3.36. The molecule has 3 N–H and O–H groups in total. The summed E-state index contributed by atoms with van der Waals surface area (Å²) < 4.78 is 30.8. The first-order chi connectivity index (χ1) is 9.46. The fraction of sp³-hybridized carbons (Fsp3) is 0.700. The van der Waals surface area contributed by atoms with Crippen molar-refractivity contribution in [2.75, 3.05) is 12.9 Å². The molecule has 4 atom stereocenters. The van der Waals surface area contributed by atoms with Gasteiger partial charge in [0.05, 0.1) is 24.4 Å². The highest BCUT2D eigenvalue weighted by Gasteiger charge is 2.55. The molecular formula is C10H15N5O4S. The van der Waals surface area contributed by atoms with E-state index in [1.54, 1.807) is 0 Å². The number of carbonyl (C=O) groups excluding carboxylic acids is 1. The second-order valence-corrected chi connectivity index (χ2v) is 6.82. The van der Waals surface area contributed by atoms with Crippen LogP contribution in [0.25, 0.3) is 0 Å². The lowest BCUT2D eigenvalue weighted by Gasteiger charge is -2.47. The van der Waals surface area contributed by atoms with Crippen LogP contribution >= 0.6 is 0 Å². The average molecular weight is 301 g/mol. The van der Waals surface area contributed by atoms with Gasteiger partial charge in [-0.15, -0.1) is 0 Å². The molecule has 1 aliphatic heterocycles. The van der Waals surface area contributed by atoms with Crippen molar-refractivity contribution in [1.29, 1.82) is 0 Å². The van der Waals surface area contributed by atoms with Crippen LogP contribution in [0.3, 0.4) is 0 Å². The van der Waals surface area contributed by atoms with E-state index in [-0.39, 0.29) is 23.9 Å². The normalized spacial score (nSPS) is 32.5. The van der Waals surface area contributed by atoms with Gasteiger partial charge in [0.2, 0.25) is 15.8 Å². The van der Waals surface area contributed by atoms with Crippen molar-refractivity contribution >= 4 is 15.9 Å². The van der Waals surface area contributed by atoms with Crippen molar-refractivity contribution in [2.24, 2.45) is 5.92 Å². The highest BCUT2D eigenvalue weighted by molar-refractivity contribution is 7.88. The van der Waals surface area contributed by atoms with Gasteiger partial charge in [-0.05, 0) is 6.42 Å². The number of aromatic nitrogens is 3. The Morgan fingerprint density at radius 3 is 2.95 bits per heavy atom. The smallest absolute Gasteiger partial charge is 0.288 e. The summed E-state index contributed by atoms with van der Waals surface area (Å²) in [5.74, 6) is -0.176. The summed E-state index contributed by atoms with van der Waals surface area (Å²) in [6.45, 7) is 0.575. The number of ether oxygens (including phenoxy) is 1.